The van der Waals surface area contributed by atoms with E-state index in [4.69, 9.17) is 9.47 Å². The van der Waals surface area contributed by atoms with Gasteiger partial charge in [-0.15, -0.1) is 0 Å². The molecule has 6 fully saturated rings. The fraction of sp³-hybridized carbons (Fsp3) is 0.920. The average Bonchev–Trinajstić information content (AvgIpc) is 3.02. The largest absolute Gasteiger partial charge is 0.469 e. The fourth-order valence-corrected chi connectivity index (χ4v) is 9.24. The highest BCUT2D eigenvalue weighted by Crippen LogP contribution is 2.72. The van der Waals surface area contributed by atoms with Crippen LogP contribution in [0.4, 0.5) is 0 Å². The minimum absolute atomic E-state index is 0.0532. The number of carbonyl (C=O) groups excluding carboxylic acids is 2. The van der Waals surface area contributed by atoms with E-state index in [-0.39, 0.29) is 16.8 Å². The summed E-state index contributed by atoms with van der Waals surface area (Å²) in [5, 5.41) is 0. The van der Waals surface area contributed by atoms with Crippen LogP contribution >= 0.6 is 0 Å². The van der Waals surface area contributed by atoms with Gasteiger partial charge in [0.25, 0.3) is 0 Å². The van der Waals surface area contributed by atoms with Gasteiger partial charge >= 0.3 is 5.97 Å². The first kappa shape index (κ1) is 20.0. The summed E-state index contributed by atoms with van der Waals surface area (Å²) >= 11 is 0. The third kappa shape index (κ3) is 2.47. The van der Waals surface area contributed by atoms with Crippen LogP contribution in [0, 0.1) is 40.4 Å². The van der Waals surface area contributed by atoms with E-state index in [1.165, 1.54) is 45.6 Å². The molecule has 0 aromatic rings. The molecule has 0 radical (unpaired) electrons. The Bertz CT molecular complexity index is 718. The molecule has 6 aliphatic rings. The van der Waals surface area contributed by atoms with Crippen molar-refractivity contribution in [2.75, 3.05) is 7.11 Å². The summed E-state index contributed by atoms with van der Waals surface area (Å²) < 4.78 is 11.7. The monoisotopic (exact) mass is 402 g/mol. The van der Waals surface area contributed by atoms with E-state index in [9.17, 15) is 9.59 Å². The predicted molar refractivity (Wildman–Crippen MR) is 110 cm³/mol. The first-order valence-corrected chi connectivity index (χ1v) is 12.0. The predicted octanol–water partition coefficient (Wildman–Crippen LogP) is 4.94. The van der Waals surface area contributed by atoms with Crippen LogP contribution in [0.5, 0.6) is 0 Å². The quantitative estimate of drug-likeness (QED) is 0.625. The van der Waals surface area contributed by atoms with Crippen molar-refractivity contribution in [3.8, 4) is 0 Å². The van der Waals surface area contributed by atoms with E-state index < -0.39 is 5.60 Å². The van der Waals surface area contributed by atoms with Gasteiger partial charge < -0.3 is 9.47 Å². The van der Waals surface area contributed by atoms with E-state index in [1.54, 1.807) is 0 Å². The second-order valence-corrected chi connectivity index (χ2v) is 11.5. The van der Waals surface area contributed by atoms with Crippen LogP contribution in [0.1, 0.15) is 85.0 Å². The van der Waals surface area contributed by atoms with Gasteiger partial charge in [-0.3, -0.25) is 9.59 Å². The third-order valence-electron chi connectivity index (χ3n) is 10.6. The van der Waals surface area contributed by atoms with Gasteiger partial charge in [0.15, 0.2) is 5.78 Å². The standard InChI is InChI=1S/C25H38O4/c1-15(5-10-22(27)28-4)18-8-9-19-20-7-6-16-13-17-11-12-24(16,3)25(20,29-17)21(26)14-23(18,19)2/h15-20H,5-14H2,1-4H3/t15-,16+,17+,18-,19-,20-,23+,24-,25-/m0/s1. The summed E-state index contributed by atoms with van der Waals surface area (Å²) in [5.74, 6) is 2.93. The van der Waals surface area contributed by atoms with E-state index in [2.05, 4.69) is 20.8 Å². The first-order chi connectivity index (χ1) is 13.8. The lowest BCUT2D eigenvalue weighted by Gasteiger charge is -2.70. The lowest BCUT2D eigenvalue weighted by molar-refractivity contribution is -0.307. The topological polar surface area (TPSA) is 52.6 Å². The molecule has 0 N–H and O–H groups in total. The summed E-state index contributed by atoms with van der Waals surface area (Å²) in [6.07, 6.45) is 10.7. The third-order valence-corrected chi connectivity index (χ3v) is 10.6. The van der Waals surface area contributed by atoms with Crippen LogP contribution in [0.25, 0.3) is 0 Å². The van der Waals surface area contributed by atoms with Crippen LogP contribution in [-0.2, 0) is 19.1 Å². The number of hydrogen-bond donors (Lipinski definition) is 0. The van der Waals surface area contributed by atoms with Crippen LogP contribution in [0.2, 0.25) is 0 Å². The smallest absolute Gasteiger partial charge is 0.305 e. The Kier molecular flexibility index (Phi) is 4.52. The first-order valence-electron chi connectivity index (χ1n) is 12.0. The minimum Gasteiger partial charge on any atom is -0.469 e. The highest BCUT2D eigenvalue weighted by molar-refractivity contribution is 5.91. The van der Waals surface area contributed by atoms with Gasteiger partial charge in [-0.05, 0) is 86.4 Å². The SMILES string of the molecule is COC(=O)CC[C@H](C)[C@@H]1CC[C@H]2[C@@H]3CC[C@@H]4C[C@H]5CC[C@]4(C)[C@@]3(O5)C(=O)C[C@]12C. The Morgan fingerprint density at radius 2 is 1.93 bits per heavy atom. The zero-order valence-corrected chi connectivity index (χ0v) is 18.7. The highest BCUT2D eigenvalue weighted by atomic mass is 16.5. The number of Topliss-reactive ketones (excluding diaryl/α,β-unsaturated/α-hetero) is 1. The molecule has 4 heteroatoms. The number of methoxy groups -OCH3 is 1. The minimum atomic E-state index is -0.495. The Morgan fingerprint density at radius 1 is 1.17 bits per heavy atom. The van der Waals surface area contributed by atoms with Crippen molar-refractivity contribution in [1.82, 2.24) is 0 Å². The van der Waals surface area contributed by atoms with Crippen molar-refractivity contribution in [2.45, 2.75) is 96.7 Å². The normalized spacial score (nSPS) is 51.3. The number of fused-ring (bicyclic) bond motifs is 3. The van der Waals surface area contributed by atoms with Crippen molar-refractivity contribution in [3.05, 3.63) is 0 Å². The molecule has 1 spiro atoms. The van der Waals surface area contributed by atoms with Crippen molar-refractivity contribution in [3.63, 3.8) is 0 Å². The van der Waals surface area contributed by atoms with Crippen LogP contribution in [0.15, 0.2) is 0 Å². The molecule has 0 aromatic carbocycles. The molecule has 4 nitrogen and oxygen atoms in total. The number of ketones is 1. The summed E-state index contributed by atoms with van der Waals surface area (Å²) in [4.78, 5) is 25.7. The molecular weight excluding hydrogens is 364 g/mol. The van der Waals surface area contributed by atoms with Gasteiger partial charge in [-0.2, -0.15) is 0 Å². The fourth-order valence-electron chi connectivity index (χ4n) is 9.24. The van der Waals surface area contributed by atoms with Crippen molar-refractivity contribution >= 4 is 11.8 Å². The van der Waals surface area contributed by atoms with Gasteiger partial charge in [-0.1, -0.05) is 20.8 Å². The number of carbonyl (C=O) groups is 2. The Hall–Kier alpha value is -0.900. The molecule has 162 valence electrons. The van der Waals surface area contributed by atoms with E-state index in [1.807, 2.05) is 0 Å². The molecule has 2 heterocycles. The number of ether oxygens (including phenoxy) is 2. The second kappa shape index (κ2) is 6.55. The summed E-state index contributed by atoms with van der Waals surface area (Å²) in [7, 11) is 1.47. The molecule has 2 saturated heterocycles. The Balaban J connectivity index is 1.44. The van der Waals surface area contributed by atoms with Gasteiger partial charge in [0.05, 0.1) is 13.2 Å². The van der Waals surface area contributed by atoms with Crippen molar-refractivity contribution < 1.29 is 19.1 Å². The van der Waals surface area contributed by atoms with Crippen LogP contribution < -0.4 is 0 Å². The maximum atomic E-state index is 14.0. The van der Waals surface area contributed by atoms with Gasteiger partial charge in [-0.25, -0.2) is 0 Å². The number of hydrogen-bond acceptors (Lipinski definition) is 4. The molecule has 4 saturated carbocycles. The molecule has 4 aliphatic carbocycles. The van der Waals surface area contributed by atoms with E-state index in [0.29, 0.717) is 54.3 Å². The van der Waals surface area contributed by atoms with Gasteiger partial charge in [0.2, 0.25) is 0 Å². The molecule has 29 heavy (non-hydrogen) atoms. The molecular formula is C25H38O4. The summed E-state index contributed by atoms with van der Waals surface area (Å²) in [5.41, 5.74) is -0.380. The zero-order chi connectivity index (χ0) is 20.6. The number of esters is 1. The maximum Gasteiger partial charge on any atom is 0.305 e. The lowest BCUT2D eigenvalue weighted by atomic mass is 9.40. The van der Waals surface area contributed by atoms with E-state index in [0.717, 1.165) is 12.8 Å². The molecule has 4 bridgehead atoms. The van der Waals surface area contributed by atoms with Crippen molar-refractivity contribution in [1.29, 1.82) is 0 Å². The molecule has 9 atom stereocenters. The average molecular weight is 403 g/mol. The summed E-state index contributed by atoms with van der Waals surface area (Å²) in [6, 6.07) is 0. The Morgan fingerprint density at radius 3 is 2.69 bits per heavy atom. The van der Waals surface area contributed by atoms with Crippen LogP contribution in [0.3, 0.4) is 0 Å². The highest BCUT2D eigenvalue weighted by Gasteiger charge is 2.74. The molecule has 0 aromatic heterocycles. The molecule has 2 aliphatic heterocycles. The van der Waals surface area contributed by atoms with Crippen LogP contribution in [-0.4, -0.2) is 30.6 Å². The molecule has 0 amide bonds. The maximum absolute atomic E-state index is 14.0. The molecule has 6 rings (SSSR count). The lowest BCUT2D eigenvalue weighted by Crippen LogP contribution is -2.75. The zero-order valence-electron chi connectivity index (χ0n) is 18.7. The second-order valence-electron chi connectivity index (χ2n) is 11.5. The van der Waals surface area contributed by atoms with E-state index >= 15 is 0 Å². The van der Waals surface area contributed by atoms with Crippen molar-refractivity contribution in [2.24, 2.45) is 40.4 Å². The summed E-state index contributed by atoms with van der Waals surface area (Å²) in [6.45, 7) is 7.07. The Labute approximate surface area is 175 Å². The van der Waals surface area contributed by atoms with Gasteiger partial charge in [0.1, 0.15) is 5.60 Å². The van der Waals surface area contributed by atoms with Gasteiger partial charge in [0, 0.05) is 18.3 Å². The molecule has 0 unspecified atom stereocenters. The number of rotatable bonds is 4.